The average molecular weight is 224 g/mol. The lowest BCUT2D eigenvalue weighted by Gasteiger charge is -2.29. The van der Waals surface area contributed by atoms with Gasteiger partial charge in [0, 0.05) is 5.75 Å². The van der Waals surface area contributed by atoms with Crippen LogP contribution in [0.25, 0.3) is 0 Å². The van der Waals surface area contributed by atoms with Gasteiger partial charge in [0.2, 0.25) is 0 Å². The van der Waals surface area contributed by atoms with Crippen molar-refractivity contribution in [3.63, 3.8) is 0 Å². The van der Waals surface area contributed by atoms with E-state index in [4.69, 9.17) is 0 Å². The molecule has 0 atom stereocenters. The van der Waals surface area contributed by atoms with Gasteiger partial charge in [-0.05, 0) is 12.1 Å². The summed E-state index contributed by atoms with van der Waals surface area (Å²) in [4.78, 5) is -0.899. The molecule has 14 heavy (non-hydrogen) atoms. The Hall–Kier alpha value is -0.850. The Labute approximate surface area is 79.8 Å². The Morgan fingerprint density at radius 3 is 2.43 bits per heavy atom. The second-order valence-electron chi connectivity index (χ2n) is 2.86. The standard InChI is InChI=1S/C8H10F2O3S/c1-2-14(11,12,13)7-5-3-4-6(9)8(7)10/h3-5H,2H2,1H3,(H2,11,12,13). The normalized spacial score (nSPS) is 14.8. The van der Waals surface area contributed by atoms with E-state index in [2.05, 4.69) is 0 Å². The Bertz CT molecular complexity index is 425. The fourth-order valence-corrected chi connectivity index (χ4v) is 2.08. The summed E-state index contributed by atoms with van der Waals surface area (Å²) < 4.78 is 55.7. The van der Waals surface area contributed by atoms with Crippen LogP contribution >= 0.6 is 0 Å². The Kier molecular flexibility index (Phi) is 2.47. The number of benzene rings is 1. The number of hydrogen-bond donors (Lipinski definition) is 2. The highest BCUT2D eigenvalue weighted by molar-refractivity contribution is 8.10. The van der Waals surface area contributed by atoms with Gasteiger partial charge in [-0.25, -0.2) is 13.0 Å². The summed E-state index contributed by atoms with van der Waals surface area (Å²) in [6, 6.07) is 2.75. The van der Waals surface area contributed by atoms with Gasteiger partial charge in [0.15, 0.2) is 11.6 Å². The predicted octanol–water partition coefficient (Wildman–Crippen LogP) is 2.11. The van der Waals surface area contributed by atoms with Crippen LogP contribution in [-0.4, -0.2) is 19.1 Å². The van der Waals surface area contributed by atoms with E-state index in [1.54, 1.807) is 0 Å². The molecule has 0 aliphatic carbocycles. The SMILES string of the molecule is CCS(=O)(O)(O)c1cccc(F)c1F. The van der Waals surface area contributed by atoms with Crippen molar-refractivity contribution in [3.05, 3.63) is 29.8 Å². The minimum atomic E-state index is -5.21. The zero-order valence-corrected chi connectivity index (χ0v) is 8.22. The minimum Gasteiger partial charge on any atom is -0.304 e. The van der Waals surface area contributed by atoms with E-state index in [1.165, 1.54) is 6.92 Å². The van der Waals surface area contributed by atoms with Crippen molar-refractivity contribution in [2.24, 2.45) is 0 Å². The lowest BCUT2D eigenvalue weighted by molar-refractivity contribution is 0.379. The third-order valence-corrected chi connectivity index (χ3v) is 4.12. The van der Waals surface area contributed by atoms with Crippen LogP contribution in [-0.2, 0) is 9.63 Å². The number of halogens is 2. The molecule has 0 fully saturated rings. The van der Waals surface area contributed by atoms with Gasteiger partial charge in [-0.2, -0.15) is 0 Å². The first-order valence-electron chi connectivity index (χ1n) is 3.85. The van der Waals surface area contributed by atoms with E-state index >= 15 is 0 Å². The molecule has 3 nitrogen and oxygen atoms in total. The summed E-state index contributed by atoms with van der Waals surface area (Å²) in [5, 5.41) is 0. The van der Waals surface area contributed by atoms with E-state index in [0.717, 1.165) is 18.2 Å². The zero-order chi connectivity index (χ0) is 11.0. The lowest BCUT2D eigenvalue weighted by atomic mass is 10.3. The molecule has 0 saturated carbocycles. The smallest absolute Gasteiger partial charge is 0.177 e. The second kappa shape index (κ2) is 3.08. The highest BCUT2D eigenvalue weighted by Gasteiger charge is 2.34. The van der Waals surface area contributed by atoms with Gasteiger partial charge >= 0.3 is 0 Å². The number of rotatable bonds is 2. The minimum absolute atomic E-state index is 0.586. The molecule has 0 saturated heterocycles. The topological polar surface area (TPSA) is 57.5 Å². The van der Waals surface area contributed by atoms with Crippen LogP contribution in [0.1, 0.15) is 6.92 Å². The van der Waals surface area contributed by atoms with Crippen molar-refractivity contribution < 1.29 is 22.1 Å². The second-order valence-corrected chi connectivity index (χ2v) is 5.91. The van der Waals surface area contributed by atoms with Crippen LogP contribution in [0.2, 0.25) is 0 Å². The van der Waals surface area contributed by atoms with Crippen molar-refractivity contribution >= 4 is 9.63 Å². The third kappa shape index (κ3) is 1.82. The van der Waals surface area contributed by atoms with Crippen molar-refractivity contribution in [2.75, 3.05) is 5.75 Å². The molecule has 0 bridgehead atoms. The fraction of sp³-hybridized carbons (Fsp3) is 0.250. The molecule has 1 rings (SSSR count). The highest BCUT2D eigenvalue weighted by atomic mass is 32.3. The third-order valence-electron chi connectivity index (χ3n) is 1.88. The van der Waals surface area contributed by atoms with Crippen molar-refractivity contribution in [1.29, 1.82) is 0 Å². The molecule has 0 radical (unpaired) electrons. The van der Waals surface area contributed by atoms with Gasteiger partial charge in [-0.15, -0.1) is 0 Å². The monoisotopic (exact) mass is 224 g/mol. The largest absolute Gasteiger partial charge is 0.304 e. The van der Waals surface area contributed by atoms with E-state index in [9.17, 15) is 22.1 Å². The lowest BCUT2D eigenvalue weighted by Crippen LogP contribution is -2.35. The van der Waals surface area contributed by atoms with Gasteiger partial charge in [-0.3, -0.25) is 0 Å². The van der Waals surface area contributed by atoms with E-state index in [0.29, 0.717) is 0 Å². The maximum absolute atomic E-state index is 13.1. The molecular formula is C8H10F2O3S. The van der Waals surface area contributed by atoms with Gasteiger partial charge in [0.1, 0.15) is 14.5 Å². The molecule has 2 N–H and O–H groups in total. The summed E-state index contributed by atoms with van der Waals surface area (Å²) in [6.45, 7) is 1.21. The molecule has 0 spiro atoms. The van der Waals surface area contributed by atoms with Crippen LogP contribution in [0, 0.1) is 11.6 Å². The van der Waals surface area contributed by atoms with E-state index < -0.39 is 31.9 Å². The predicted molar refractivity (Wildman–Crippen MR) is 48.6 cm³/mol. The van der Waals surface area contributed by atoms with Crippen LogP contribution in [0.15, 0.2) is 23.1 Å². The van der Waals surface area contributed by atoms with Crippen molar-refractivity contribution in [3.8, 4) is 0 Å². The molecule has 0 aliphatic heterocycles. The quantitative estimate of drug-likeness (QED) is 0.808. The Morgan fingerprint density at radius 2 is 1.93 bits per heavy atom. The molecule has 1 aromatic carbocycles. The number of hydrogen-bond acceptors (Lipinski definition) is 1. The van der Waals surface area contributed by atoms with Gasteiger partial charge < -0.3 is 9.11 Å². The first kappa shape index (κ1) is 11.2. The first-order chi connectivity index (χ1) is 6.26. The van der Waals surface area contributed by atoms with Crippen LogP contribution in [0.4, 0.5) is 8.78 Å². The summed E-state index contributed by atoms with van der Waals surface area (Å²) >= 11 is 0. The molecular weight excluding hydrogens is 214 g/mol. The maximum atomic E-state index is 13.1. The highest BCUT2D eigenvalue weighted by Crippen LogP contribution is 2.31. The van der Waals surface area contributed by atoms with Crippen LogP contribution < -0.4 is 0 Å². The average Bonchev–Trinajstić information content (AvgIpc) is 2.09. The summed E-state index contributed by atoms with van der Waals surface area (Å²) in [6.07, 6.45) is 0. The van der Waals surface area contributed by atoms with Crippen molar-refractivity contribution in [1.82, 2.24) is 0 Å². The molecule has 80 valence electrons. The fourth-order valence-electron chi connectivity index (χ4n) is 0.956. The van der Waals surface area contributed by atoms with E-state index in [-0.39, 0.29) is 0 Å². The summed E-state index contributed by atoms with van der Waals surface area (Å²) in [7, 11) is -5.21. The Balaban J connectivity index is 3.49. The summed E-state index contributed by atoms with van der Waals surface area (Å²) in [5.41, 5.74) is 0. The molecule has 1 aromatic rings. The molecule has 0 heterocycles. The molecule has 0 aromatic heterocycles. The molecule has 0 amide bonds. The maximum Gasteiger partial charge on any atom is 0.177 e. The Morgan fingerprint density at radius 1 is 1.36 bits per heavy atom. The summed E-state index contributed by atoms with van der Waals surface area (Å²) in [5.74, 6) is -3.34. The van der Waals surface area contributed by atoms with Gasteiger partial charge in [0.05, 0.1) is 0 Å². The van der Waals surface area contributed by atoms with Crippen molar-refractivity contribution in [2.45, 2.75) is 11.8 Å². The zero-order valence-electron chi connectivity index (χ0n) is 7.41. The van der Waals surface area contributed by atoms with Gasteiger partial charge in [-0.1, -0.05) is 13.0 Å². The first-order valence-corrected chi connectivity index (χ1v) is 5.90. The van der Waals surface area contributed by atoms with Crippen LogP contribution in [0.5, 0.6) is 0 Å². The van der Waals surface area contributed by atoms with Crippen LogP contribution in [0.3, 0.4) is 0 Å². The molecule has 6 heteroatoms. The molecule has 0 aliphatic rings. The van der Waals surface area contributed by atoms with E-state index in [1.807, 2.05) is 0 Å². The van der Waals surface area contributed by atoms with Gasteiger partial charge in [0.25, 0.3) is 0 Å². The molecule has 0 unspecified atom stereocenters.